The van der Waals surface area contributed by atoms with Gasteiger partial charge in [-0.25, -0.2) is 0 Å². The van der Waals surface area contributed by atoms with Crippen LogP contribution in [-0.4, -0.2) is 33.4 Å². The Bertz CT molecular complexity index is 1080. The summed E-state index contributed by atoms with van der Waals surface area (Å²) < 4.78 is 0. The number of H-pyrrole nitrogens is 1. The van der Waals surface area contributed by atoms with Gasteiger partial charge >= 0.3 is 0 Å². The molecule has 154 valence electrons. The molecule has 1 aromatic heterocycles. The fourth-order valence-electron chi connectivity index (χ4n) is 4.67. The van der Waals surface area contributed by atoms with E-state index in [1.54, 1.807) is 12.1 Å². The standard InChI is InChI=1S/C24H26N4O2/c25-24(30)16-4-2-15(3-5-16)22-21-12-17-11-14(1-10-20(17)23(21)28-27-22)13-26-18-6-8-19(29)9-7-18/h1-5,10-11,18-19,26,29H,6-9,12-13H2,(H2,25,30)(H,27,28)/t18-,19-. The molecular weight excluding hydrogens is 376 g/mol. The van der Waals surface area contributed by atoms with Crippen LogP contribution in [0.3, 0.4) is 0 Å². The second-order valence-electron chi connectivity index (χ2n) is 8.42. The molecule has 0 aliphatic heterocycles. The van der Waals surface area contributed by atoms with Crippen molar-refractivity contribution in [2.75, 3.05) is 0 Å². The molecule has 2 aliphatic carbocycles. The van der Waals surface area contributed by atoms with Crippen LogP contribution in [0.4, 0.5) is 0 Å². The van der Waals surface area contributed by atoms with Crippen LogP contribution >= 0.6 is 0 Å². The zero-order valence-corrected chi connectivity index (χ0v) is 16.8. The summed E-state index contributed by atoms with van der Waals surface area (Å²) in [4.78, 5) is 11.3. The number of aliphatic hydroxyl groups excluding tert-OH is 1. The lowest BCUT2D eigenvalue weighted by Crippen LogP contribution is -2.34. The minimum Gasteiger partial charge on any atom is -0.393 e. The van der Waals surface area contributed by atoms with Gasteiger partial charge in [0.25, 0.3) is 0 Å². The van der Waals surface area contributed by atoms with Crippen LogP contribution in [0.15, 0.2) is 42.5 Å². The number of carbonyl (C=O) groups excluding carboxylic acids is 1. The first-order valence-corrected chi connectivity index (χ1v) is 10.6. The zero-order chi connectivity index (χ0) is 20.7. The highest BCUT2D eigenvalue weighted by molar-refractivity contribution is 5.93. The van der Waals surface area contributed by atoms with Crippen molar-refractivity contribution < 1.29 is 9.90 Å². The highest BCUT2D eigenvalue weighted by Crippen LogP contribution is 2.40. The molecule has 3 aromatic rings. The number of rotatable bonds is 5. The van der Waals surface area contributed by atoms with Gasteiger partial charge in [-0.3, -0.25) is 9.89 Å². The number of hydrogen-bond acceptors (Lipinski definition) is 4. The van der Waals surface area contributed by atoms with E-state index in [1.807, 2.05) is 12.1 Å². The molecule has 0 bridgehead atoms. The maximum atomic E-state index is 11.3. The van der Waals surface area contributed by atoms with Gasteiger partial charge in [0.1, 0.15) is 0 Å². The number of nitrogens with zero attached hydrogens (tertiary/aromatic N) is 1. The molecule has 0 atom stereocenters. The maximum Gasteiger partial charge on any atom is 0.248 e. The topological polar surface area (TPSA) is 104 Å². The van der Waals surface area contributed by atoms with Crippen LogP contribution in [0.1, 0.15) is 52.7 Å². The van der Waals surface area contributed by atoms with Crippen LogP contribution in [0.25, 0.3) is 22.5 Å². The largest absolute Gasteiger partial charge is 0.393 e. The first-order chi connectivity index (χ1) is 14.6. The molecule has 0 radical (unpaired) electrons. The number of hydrogen-bond donors (Lipinski definition) is 4. The predicted molar refractivity (Wildman–Crippen MR) is 116 cm³/mol. The summed E-state index contributed by atoms with van der Waals surface area (Å²) >= 11 is 0. The van der Waals surface area contributed by atoms with Crippen LogP contribution in [-0.2, 0) is 13.0 Å². The number of nitrogens with one attached hydrogen (secondary N) is 2. The quantitative estimate of drug-likeness (QED) is 0.412. The van der Waals surface area contributed by atoms with Crippen LogP contribution in [0.5, 0.6) is 0 Å². The van der Waals surface area contributed by atoms with E-state index in [2.05, 4.69) is 33.7 Å². The van der Waals surface area contributed by atoms with Crippen molar-refractivity contribution in [2.45, 2.75) is 50.8 Å². The number of amides is 1. The molecule has 6 heteroatoms. The molecule has 30 heavy (non-hydrogen) atoms. The Kier molecular flexibility index (Phi) is 4.89. The van der Waals surface area contributed by atoms with Crippen molar-refractivity contribution >= 4 is 5.91 Å². The zero-order valence-electron chi connectivity index (χ0n) is 16.8. The Hall–Kier alpha value is -2.96. The van der Waals surface area contributed by atoms with E-state index in [4.69, 9.17) is 5.73 Å². The lowest BCUT2D eigenvalue weighted by molar-refractivity contribution is 0.1000. The van der Waals surface area contributed by atoms with E-state index in [-0.39, 0.29) is 6.10 Å². The molecule has 5 N–H and O–H groups in total. The van der Waals surface area contributed by atoms with Gasteiger partial charge in [0.05, 0.1) is 17.5 Å². The molecule has 1 heterocycles. The number of fused-ring (bicyclic) bond motifs is 3. The maximum absolute atomic E-state index is 11.3. The van der Waals surface area contributed by atoms with Gasteiger partial charge in [-0.2, -0.15) is 5.10 Å². The molecule has 1 saturated carbocycles. The van der Waals surface area contributed by atoms with Gasteiger partial charge in [0.2, 0.25) is 5.91 Å². The van der Waals surface area contributed by atoms with E-state index < -0.39 is 5.91 Å². The third kappa shape index (κ3) is 3.53. The van der Waals surface area contributed by atoms with Gasteiger partial charge in [0.15, 0.2) is 0 Å². The van der Waals surface area contributed by atoms with Gasteiger partial charge in [-0.1, -0.05) is 30.3 Å². The van der Waals surface area contributed by atoms with Crippen molar-refractivity contribution in [3.63, 3.8) is 0 Å². The summed E-state index contributed by atoms with van der Waals surface area (Å²) in [5, 5.41) is 21.1. The van der Waals surface area contributed by atoms with E-state index in [0.717, 1.165) is 55.6 Å². The number of nitrogens with two attached hydrogens (primary N) is 1. The smallest absolute Gasteiger partial charge is 0.248 e. The van der Waals surface area contributed by atoms with Crippen LogP contribution < -0.4 is 11.1 Å². The third-order valence-corrected chi connectivity index (χ3v) is 6.41. The first kappa shape index (κ1) is 19.0. The van der Waals surface area contributed by atoms with Crippen LogP contribution in [0.2, 0.25) is 0 Å². The lowest BCUT2D eigenvalue weighted by atomic mass is 9.93. The molecule has 2 aliphatic rings. The van der Waals surface area contributed by atoms with Crippen molar-refractivity contribution in [2.24, 2.45) is 5.73 Å². The fourth-order valence-corrected chi connectivity index (χ4v) is 4.67. The second kappa shape index (κ2) is 7.70. The minimum absolute atomic E-state index is 0.119. The average molecular weight is 402 g/mol. The normalized spacial score (nSPS) is 20.0. The van der Waals surface area contributed by atoms with E-state index in [1.165, 1.54) is 22.3 Å². The van der Waals surface area contributed by atoms with Gasteiger partial charge in [-0.15, -0.1) is 0 Å². The molecule has 0 unspecified atom stereocenters. The van der Waals surface area contributed by atoms with Crippen molar-refractivity contribution in [1.29, 1.82) is 0 Å². The summed E-state index contributed by atoms with van der Waals surface area (Å²) in [5.74, 6) is -0.424. The SMILES string of the molecule is NC(=O)c1ccc(-c2n[nH]c3c2Cc2cc(CN[C@H]4CC[C@H](O)CC4)ccc2-3)cc1. The molecule has 1 amide bonds. The predicted octanol–water partition coefficient (Wildman–Crippen LogP) is 3.14. The van der Waals surface area contributed by atoms with Crippen molar-refractivity contribution in [3.05, 3.63) is 64.7 Å². The van der Waals surface area contributed by atoms with Gasteiger partial charge < -0.3 is 16.2 Å². The number of primary amides is 1. The van der Waals surface area contributed by atoms with Crippen molar-refractivity contribution in [3.8, 4) is 22.5 Å². The molecule has 1 fully saturated rings. The third-order valence-electron chi connectivity index (χ3n) is 6.41. The highest BCUT2D eigenvalue weighted by atomic mass is 16.3. The molecule has 6 nitrogen and oxygen atoms in total. The fraction of sp³-hybridized carbons (Fsp3) is 0.333. The second-order valence-corrected chi connectivity index (χ2v) is 8.42. The van der Waals surface area contributed by atoms with Gasteiger partial charge in [-0.05, 0) is 48.9 Å². The van der Waals surface area contributed by atoms with E-state index in [9.17, 15) is 9.90 Å². The first-order valence-electron chi connectivity index (χ1n) is 10.6. The number of carbonyl (C=O) groups is 1. The van der Waals surface area contributed by atoms with Crippen molar-refractivity contribution in [1.82, 2.24) is 15.5 Å². The molecular formula is C24H26N4O2. The number of aliphatic hydroxyl groups is 1. The van der Waals surface area contributed by atoms with Gasteiger partial charge in [0, 0.05) is 41.3 Å². The number of benzene rings is 2. The Morgan fingerprint density at radius 2 is 1.90 bits per heavy atom. The molecule has 2 aromatic carbocycles. The highest BCUT2D eigenvalue weighted by Gasteiger charge is 2.25. The Balaban J connectivity index is 1.32. The summed E-state index contributed by atoms with van der Waals surface area (Å²) in [6.07, 6.45) is 4.60. The summed E-state index contributed by atoms with van der Waals surface area (Å²) in [7, 11) is 0. The van der Waals surface area contributed by atoms with E-state index in [0.29, 0.717) is 11.6 Å². The monoisotopic (exact) mass is 402 g/mol. The Morgan fingerprint density at radius 3 is 2.63 bits per heavy atom. The molecule has 0 spiro atoms. The minimum atomic E-state index is -0.424. The molecule has 5 rings (SSSR count). The van der Waals surface area contributed by atoms with E-state index >= 15 is 0 Å². The Morgan fingerprint density at radius 1 is 1.13 bits per heavy atom. The summed E-state index contributed by atoms with van der Waals surface area (Å²) in [6, 6.07) is 14.4. The average Bonchev–Trinajstić information content (AvgIpc) is 3.32. The lowest BCUT2D eigenvalue weighted by Gasteiger charge is -2.26. The summed E-state index contributed by atoms with van der Waals surface area (Å²) in [6.45, 7) is 0.849. The number of aromatic amines is 1. The Labute approximate surface area is 175 Å². The van der Waals surface area contributed by atoms with Crippen LogP contribution in [0, 0.1) is 0 Å². The molecule has 0 saturated heterocycles. The summed E-state index contributed by atoms with van der Waals surface area (Å²) in [5.41, 5.74) is 13.8. The number of aromatic nitrogens is 2.